The predicted octanol–water partition coefficient (Wildman–Crippen LogP) is 0.746. The molecule has 11 nitrogen and oxygen atoms in total. The van der Waals surface area contributed by atoms with Crippen molar-refractivity contribution in [2.45, 2.75) is 50.7 Å². The molecule has 0 bridgehead atoms. The second-order valence-electron chi connectivity index (χ2n) is 8.02. The summed E-state index contributed by atoms with van der Waals surface area (Å²) in [5, 5.41) is 19.7. The molecule has 1 saturated heterocycles. The summed E-state index contributed by atoms with van der Waals surface area (Å²) in [6, 6.07) is -0.499. The zero-order valence-corrected chi connectivity index (χ0v) is 20.6. The summed E-state index contributed by atoms with van der Waals surface area (Å²) in [5.74, 6) is -3.30. The van der Waals surface area contributed by atoms with Crippen LogP contribution >= 0.6 is 15.9 Å². The first-order valence-corrected chi connectivity index (χ1v) is 11.6. The van der Waals surface area contributed by atoms with Crippen LogP contribution in [-0.2, 0) is 33.3 Å². The van der Waals surface area contributed by atoms with Crippen LogP contribution in [0, 0.1) is 5.92 Å². The number of hydrogen-bond donors (Lipinski definition) is 2. The predicted molar refractivity (Wildman–Crippen MR) is 117 cm³/mol. The number of carbonyl (C=O) groups excluding carboxylic acids is 3. The first-order valence-electron chi connectivity index (χ1n) is 10.8. The number of rotatable bonds is 13. The Morgan fingerprint density at radius 3 is 2.55 bits per heavy atom. The second-order valence-corrected chi connectivity index (χ2v) is 8.88. The van der Waals surface area contributed by atoms with Crippen LogP contribution < -0.4 is 0 Å². The van der Waals surface area contributed by atoms with E-state index in [2.05, 4.69) is 15.9 Å². The normalized spacial score (nSPS) is 26.5. The smallest absolute Gasteiger partial charge is 0.417 e. The summed E-state index contributed by atoms with van der Waals surface area (Å²) in [6.07, 6.45) is -2.12. The highest BCUT2D eigenvalue weighted by Crippen LogP contribution is 2.36. The third-order valence-corrected chi connectivity index (χ3v) is 6.19. The molecule has 2 N–H and O–H groups in total. The maximum atomic E-state index is 13.2. The molecule has 0 spiro atoms. The van der Waals surface area contributed by atoms with Crippen molar-refractivity contribution in [3.8, 4) is 0 Å². The molecule has 4 atom stereocenters. The van der Waals surface area contributed by atoms with Crippen molar-refractivity contribution in [2.75, 3.05) is 46.8 Å². The number of nitrogens with zero attached hydrogens (tertiary/aromatic N) is 1. The lowest BCUT2D eigenvalue weighted by molar-refractivity contribution is -0.227. The fourth-order valence-electron chi connectivity index (χ4n) is 3.51. The van der Waals surface area contributed by atoms with E-state index in [1.165, 1.54) is 7.11 Å². The maximum Gasteiger partial charge on any atom is 0.417 e. The van der Waals surface area contributed by atoms with Crippen molar-refractivity contribution < 1.29 is 48.3 Å². The van der Waals surface area contributed by atoms with Crippen molar-refractivity contribution >= 4 is 33.7 Å². The van der Waals surface area contributed by atoms with Gasteiger partial charge in [0, 0.05) is 20.1 Å². The molecule has 0 unspecified atom stereocenters. The number of imide groups is 1. The average molecular weight is 538 g/mol. The lowest BCUT2D eigenvalue weighted by Crippen LogP contribution is -2.57. The van der Waals surface area contributed by atoms with Crippen LogP contribution in [0.5, 0.6) is 0 Å². The van der Waals surface area contributed by atoms with E-state index in [-0.39, 0.29) is 43.2 Å². The molecule has 2 heterocycles. The van der Waals surface area contributed by atoms with E-state index >= 15 is 0 Å². The molecule has 2 aliphatic rings. The van der Waals surface area contributed by atoms with Crippen molar-refractivity contribution in [2.24, 2.45) is 5.92 Å². The highest BCUT2D eigenvalue weighted by molar-refractivity contribution is 9.11. The van der Waals surface area contributed by atoms with E-state index in [1.54, 1.807) is 0 Å². The number of carbonyl (C=O) groups is 3. The third-order valence-electron chi connectivity index (χ3n) is 5.34. The average Bonchev–Trinajstić information content (AvgIpc) is 3.16. The van der Waals surface area contributed by atoms with Crippen LogP contribution in [0.2, 0.25) is 0 Å². The zero-order valence-electron chi connectivity index (χ0n) is 19.0. The molecule has 0 radical (unpaired) electrons. The van der Waals surface area contributed by atoms with Crippen molar-refractivity contribution in [1.82, 2.24) is 4.90 Å². The largest absolute Gasteiger partial charge is 0.447 e. The van der Waals surface area contributed by atoms with Gasteiger partial charge in [-0.1, -0.05) is 13.8 Å². The molecule has 2 aliphatic heterocycles. The van der Waals surface area contributed by atoms with Crippen LogP contribution in [0.3, 0.4) is 0 Å². The van der Waals surface area contributed by atoms with Gasteiger partial charge in [-0.05, 0) is 34.3 Å². The minimum absolute atomic E-state index is 0.0541. The topological polar surface area (TPSA) is 141 Å². The van der Waals surface area contributed by atoms with Gasteiger partial charge in [-0.2, -0.15) is 0 Å². The first kappa shape index (κ1) is 27.8. The minimum atomic E-state index is -1.88. The van der Waals surface area contributed by atoms with Crippen LogP contribution in [0.4, 0.5) is 4.79 Å². The van der Waals surface area contributed by atoms with Gasteiger partial charge in [0.05, 0.1) is 37.0 Å². The number of aliphatic hydroxyl groups excluding tert-OH is 1. The minimum Gasteiger partial charge on any atom is -0.447 e. The number of halogens is 1. The molecular weight excluding hydrogens is 506 g/mol. The standard InChI is InChI=1S/C21H32BrNO10/c1-13(2)14-12-32-20(27)23(14)19(26)18(29-3)17-15(25)11-16(22)21(28,33-17)5-4-7-30-9-10-31-8-6-24/h11,13-14,17-18,24,28H,4-10,12H2,1-3H3/t14-,17+,18+,21-/m1/s1. The Bertz CT molecular complexity index is 730. The fourth-order valence-corrected chi connectivity index (χ4v) is 4.02. The molecule has 33 heavy (non-hydrogen) atoms. The van der Waals surface area contributed by atoms with Gasteiger partial charge in [0.2, 0.25) is 0 Å². The third kappa shape index (κ3) is 7.04. The Morgan fingerprint density at radius 2 is 1.94 bits per heavy atom. The van der Waals surface area contributed by atoms with Gasteiger partial charge in [-0.15, -0.1) is 0 Å². The summed E-state index contributed by atoms with van der Waals surface area (Å²) >= 11 is 3.17. The van der Waals surface area contributed by atoms with E-state index in [1.807, 2.05) is 13.8 Å². The zero-order chi connectivity index (χ0) is 24.6. The van der Waals surface area contributed by atoms with E-state index in [0.29, 0.717) is 19.6 Å². The van der Waals surface area contributed by atoms with Gasteiger partial charge in [-0.3, -0.25) is 9.59 Å². The molecule has 2 rings (SSSR count). The molecule has 12 heteroatoms. The number of cyclic esters (lactones) is 1. The summed E-state index contributed by atoms with van der Waals surface area (Å²) in [5.41, 5.74) is 0. The SMILES string of the molecule is CO[C@H](C(=O)N1C(=O)OC[C@@H]1C(C)C)[C@H]1O[C@](O)(CCCOCCOCCO)C(Br)=CC1=O. The van der Waals surface area contributed by atoms with Gasteiger partial charge in [0.15, 0.2) is 23.8 Å². The molecule has 0 aliphatic carbocycles. The number of hydrogen-bond acceptors (Lipinski definition) is 10. The fraction of sp³-hybridized carbons (Fsp3) is 0.762. The van der Waals surface area contributed by atoms with Gasteiger partial charge < -0.3 is 33.9 Å². The van der Waals surface area contributed by atoms with E-state index in [9.17, 15) is 19.5 Å². The van der Waals surface area contributed by atoms with E-state index in [4.69, 9.17) is 28.8 Å². The highest BCUT2D eigenvalue weighted by Gasteiger charge is 2.50. The molecule has 0 aromatic heterocycles. The monoisotopic (exact) mass is 537 g/mol. The summed E-state index contributed by atoms with van der Waals surface area (Å²) < 4.78 is 26.6. The Morgan fingerprint density at radius 1 is 1.27 bits per heavy atom. The van der Waals surface area contributed by atoms with Crippen molar-refractivity contribution in [3.63, 3.8) is 0 Å². The first-order chi connectivity index (χ1) is 15.7. The summed E-state index contributed by atoms with van der Waals surface area (Å²) in [4.78, 5) is 38.9. The maximum absolute atomic E-state index is 13.2. The van der Waals surface area contributed by atoms with Gasteiger partial charge in [0.25, 0.3) is 5.91 Å². The Hall–Kier alpha value is -1.41. The van der Waals surface area contributed by atoms with E-state index in [0.717, 1.165) is 11.0 Å². The number of amides is 2. The lowest BCUT2D eigenvalue weighted by atomic mass is 9.98. The second kappa shape index (κ2) is 12.9. The summed E-state index contributed by atoms with van der Waals surface area (Å²) in [6.45, 7) is 4.85. The molecule has 1 fully saturated rings. The van der Waals surface area contributed by atoms with E-state index < -0.39 is 41.8 Å². The molecule has 0 aromatic rings. The van der Waals surface area contributed by atoms with Crippen LogP contribution in [0.1, 0.15) is 26.7 Å². The van der Waals surface area contributed by atoms with Gasteiger partial charge >= 0.3 is 6.09 Å². The summed E-state index contributed by atoms with van der Waals surface area (Å²) in [7, 11) is 1.23. The van der Waals surface area contributed by atoms with Crippen LogP contribution in [-0.4, -0.2) is 104 Å². The number of ether oxygens (including phenoxy) is 5. The number of methoxy groups -OCH3 is 1. The van der Waals surface area contributed by atoms with Gasteiger partial charge in [0.1, 0.15) is 6.61 Å². The van der Waals surface area contributed by atoms with Gasteiger partial charge in [-0.25, -0.2) is 9.69 Å². The Balaban J connectivity index is 2.03. The molecule has 0 aromatic carbocycles. The van der Waals surface area contributed by atoms with Crippen LogP contribution in [0.15, 0.2) is 10.6 Å². The molecule has 188 valence electrons. The Kier molecular flexibility index (Phi) is 10.9. The molecule has 2 amide bonds. The number of aliphatic hydroxyl groups is 2. The highest BCUT2D eigenvalue weighted by atomic mass is 79.9. The quantitative estimate of drug-likeness (QED) is 0.323. The van der Waals surface area contributed by atoms with Crippen molar-refractivity contribution in [1.29, 1.82) is 0 Å². The van der Waals surface area contributed by atoms with Crippen molar-refractivity contribution in [3.05, 3.63) is 10.6 Å². The Labute approximate surface area is 201 Å². The molecular formula is C21H32BrNO10. The van der Waals surface area contributed by atoms with Crippen LogP contribution in [0.25, 0.3) is 0 Å². The number of ketones is 1. The molecule has 0 saturated carbocycles. The lowest BCUT2D eigenvalue weighted by Gasteiger charge is -2.38.